The Labute approximate surface area is 282 Å². The zero-order valence-corrected chi connectivity index (χ0v) is 26.2. The summed E-state index contributed by atoms with van der Waals surface area (Å²) in [6, 6.07) is 0. The maximum Gasteiger partial charge on any atom is 0.187 e. The van der Waals surface area contributed by atoms with E-state index in [0.717, 1.165) is 0 Å². The fourth-order valence-corrected chi connectivity index (χ4v) is 6.11. The van der Waals surface area contributed by atoms with Crippen LogP contribution in [0.5, 0.6) is 0 Å². The fraction of sp³-hybridized carbons (Fsp3) is 1.00. The third-order valence-electron chi connectivity index (χ3n) is 9.17. The van der Waals surface area contributed by atoms with E-state index in [0.29, 0.717) is 0 Å². The molecule has 0 aromatic heterocycles. The molecule has 0 amide bonds. The zero-order valence-electron chi connectivity index (χ0n) is 26.2. The van der Waals surface area contributed by atoms with Crippen molar-refractivity contribution in [2.75, 3.05) is 33.0 Å². The average Bonchev–Trinajstić information content (AvgIpc) is 3.10. The fourth-order valence-electron chi connectivity index (χ4n) is 6.11. The molecule has 5 aliphatic heterocycles. The molecule has 0 saturated carbocycles. The molecule has 5 heterocycles. The van der Waals surface area contributed by atoms with Crippen molar-refractivity contribution >= 4 is 0 Å². The first-order valence-corrected chi connectivity index (χ1v) is 15.8. The van der Waals surface area contributed by atoms with Crippen LogP contribution in [0.2, 0.25) is 0 Å². The third-order valence-corrected chi connectivity index (χ3v) is 9.17. The Kier molecular flexibility index (Phi) is 13.7. The maximum absolute atomic E-state index is 11.2. The molecule has 0 bridgehead atoms. The van der Waals surface area contributed by atoms with Gasteiger partial charge in [-0.15, -0.1) is 0 Å². The van der Waals surface area contributed by atoms with Crippen LogP contribution in [-0.2, 0) is 42.6 Å². The van der Waals surface area contributed by atoms with Crippen LogP contribution in [0.25, 0.3) is 0 Å². The van der Waals surface area contributed by atoms with Crippen LogP contribution >= 0.6 is 0 Å². The van der Waals surface area contributed by atoms with Crippen LogP contribution in [0.15, 0.2) is 0 Å². The van der Waals surface area contributed by atoms with Crippen LogP contribution in [0, 0.1) is 0 Å². The summed E-state index contributed by atoms with van der Waals surface area (Å²) in [6.45, 7) is -3.28. The van der Waals surface area contributed by atoms with Gasteiger partial charge in [-0.05, 0) is 0 Å². The second-order valence-electron chi connectivity index (χ2n) is 12.6. The molecule has 0 aliphatic carbocycles. The minimum Gasteiger partial charge on any atom is -0.394 e. The predicted octanol–water partition coefficient (Wildman–Crippen LogP) is -10.0. The molecule has 5 aliphatic rings. The molecule has 292 valence electrons. The molecule has 5 saturated heterocycles. The number of aliphatic hydroxyl groups is 14. The summed E-state index contributed by atoms with van der Waals surface area (Å²) >= 11 is 0. The van der Waals surface area contributed by atoms with Crippen LogP contribution in [0.1, 0.15) is 0 Å². The van der Waals surface area contributed by atoms with Crippen molar-refractivity contribution in [3.8, 4) is 0 Å². The predicted molar refractivity (Wildman–Crippen MR) is 148 cm³/mol. The number of hydrogen-bond acceptors (Lipinski definition) is 23. The smallest absolute Gasteiger partial charge is 0.187 e. The molecular weight excluding hydrogens is 692 g/mol. The minimum absolute atomic E-state index is 0.465. The summed E-state index contributed by atoms with van der Waals surface area (Å²) in [5.41, 5.74) is 0. The highest BCUT2D eigenvalue weighted by Crippen LogP contribution is 2.34. The van der Waals surface area contributed by atoms with E-state index in [4.69, 9.17) is 42.6 Å². The molecule has 23 heteroatoms. The molecule has 0 radical (unpaired) electrons. The Hall–Kier alpha value is -0.920. The summed E-state index contributed by atoms with van der Waals surface area (Å²) in [7, 11) is 0. The van der Waals surface area contributed by atoms with E-state index < -0.39 is 168 Å². The van der Waals surface area contributed by atoms with Crippen molar-refractivity contribution in [2.24, 2.45) is 0 Å². The lowest BCUT2D eigenvalue weighted by atomic mass is 9.98. The first-order chi connectivity index (χ1) is 23.7. The standard InChI is InChI=1S/C27H46O23/c28-1-8-12(33)15(36)18(39)25(45-8)48-20-7(31)4-44-27(22(20)50-26-19(40)16(37)13(34)9(2-29)46-26)47-10-5-42-23(41)21(14(10)35)49-24-17(38)11(32)6(30)3-43-24/h6-41H,1-5H2/t6-,7-,8+,9-,10-,11-,12+,13-,14-,15-,16+,17+,18+,19+,20-,21-,22-,23-,24+,25-,26+,27-/m1/s1. The average molecular weight is 739 g/mol. The van der Waals surface area contributed by atoms with E-state index >= 15 is 0 Å². The van der Waals surface area contributed by atoms with Crippen molar-refractivity contribution in [2.45, 2.75) is 135 Å². The van der Waals surface area contributed by atoms with Gasteiger partial charge in [0, 0.05) is 0 Å². The summed E-state index contributed by atoms with van der Waals surface area (Å²) in [5.74, 6) is 0. The zero-order chi connectivity index (χ0) is 36.6. The van der Waals surface area contributed by atoms with Crippen molar-refractivity contribution in [1.82, 2.24) is 0 Å². The molecule has 14 N–H and O–H groups in total. The van der Waals surface area contributed by atoms with E-state index in [-0.39, 0.29) is 0 Å². The second-order valence-corrected chi connectivity index (χ2v) is 12.6. The van der Waals surface area contributed by atoms with Gasteiger partial charge in [-0.1, -0.05) is 0 Å². The van der Waals surface area contributed by atoms with Crippen molar-refractivity contribution in [3.05, 3.63) is 0 Å². The molecule has 22 atom stereocenters. The van der Waals surface area contributed by atoms with Crippen LogP contribution in [0.4, 0.5) is 0 Å². The lowest BCUT2D eigenvalue weighted by Gasteiger charge is -2.48. The van der Waals surface area contributed by atoms with Crippen molar-refractivity contribution < 1.29 is 114 Å². The number of rotatable bonds is 10. The first-order valence-electron chi connectivity index (χ1n) is 15.8. The van der Waals surface area contributed by atoms with Crippen LogP contribution in [-0.4, -0.2) is 240 Å². The Morgan fingerprint density at radius 2 is 0.880 bits per heavy atom. The quantitative estimate of drug-likeness (QED) is 0.0989. The van der Waals surface area contributed by atoms with Gasteiger partial charge in [-0.25, -0.2) is 0 Å². The van der Waals surface area contributed by atoms with E-state index in [1.54, 1.807) is 0 Å². The van der Waals surface area contributed by atoms with Gasteiger partial charge in [0.15, 0.2) is 31.5 Å². The third kappa shape index (κ3) is 8.25. The van der Waals surface area contributed by atoms with Crippen molar-refractivity contribution in [1.29, 1.82) is 0 Å². The highest BCUT2D eigenvalue weighted by molar-refractivity contribution is 4.96. The van der Waals surface area contributed by atoms with Crippen LogP contribution < -0.4 is 0 Å². The Balaban J connectivity index is 1.38. The van der Waals surface area contributed by atoms with Gasteiger partial charge in [-0.3, -0.25) is 0 Å². The number of aliphatic hydroxyl groups excluding tert-OH is 14. The summed E-state index contributed by atoms with van der Waals surface area (Å²) in [6.07, 6.45) is -38.3. The van der Waals surface area contributed by atoms with E-state index in [2.05, 4.69) is 0 Å². The molecule has 0 aromatic carbocycles. The van der Waals surface area contributed by atoms with Gasteiger partial charge in [0.1, 0.15) is 104 Å². The molecule has 5 rings (SSSR count). The topological polar surface area (TPSA) is 366 Å². The number of ether oxygens (including phenoxy) is 9. The van der Waals surface area contributed by atoms with Crippen molar-refractivity contribution in [3.63, 3.8) is 0 Å². The van der Waals surface area contributed by atoms with Crippen LogP contribution in [0.3, 0.4) is 0 Å². The van der Waals surface area contributed by atoms with E-state index in [1.807, 2.05) is 0 Å². The highest BCUT2D eigenvalue weighted by atomic mass is 16.8. The molecule has 23 nitrogen and oxygen atoms in total. The maximum atomic E-state index is 11.2. The Bertz CT molecular complexity index is 1060. The van der Waals surface area contributed by atoms with E-state index in [1.165, 1.54) is 0 Å². The van der Waals surface area contributed by atoms with Gasteiger partial charge in [0.25, 0.3) is 0 Å². The second kappa shape index (κ2) is 17.0. The molecule has 0 aromatic rings. The lowest BCUT2D eigenvalue weighted by Crippen LogP contribution is -2.66. The summed E-state index contributed by atoms with van der Waals surface area (Å²) in [5, 5.41) is 144. The van der Waals surface area contributed by atoms with E-state index in [9.17, 15) is 71.5 Å². The highest BCUT2D eigenvalue weighted by Gasteiger charge is 2.54. The first kappa shape index (κ1) is 40.3. The largest absolute Gasteiger partial charge is 0.394 e. The van der Waals surface area contributed by atoms with Gasteiger partial charge < -0.3 is 114 Å². The molecule has 5 fully saturated rings. The molecule has 0 unspecified atom stereocenters. The van der Waals surface area contributed by atoms with Gasteiger partial charge in [0.05, 0.1) is 33.0 Å². The Morgan fingerprint density at radius 3 is 1.44 bits per heavy atom. The molecule has 0 spiro atoms. The molecule has 50 heavy (non-hydrogen) atoms. The van der Waals surface area contributed by atoms with Gasteiger partial charge in [0.2, 0.25) is 0 Å². The monoisotopic (exact) mass is 738 g/mol. The summed E-state index contributed by atoms with van der Waals surface area (Å²) in [4.78, 5) is 0. The summed E-state index contributed by atoms with van der Waals surface area (Å²) < 4.78 is 49.9. The minimum atomic E-state index is -1.99. The van der Waals surface area contributed by atoms with Gasteiger partial charge in [-0.2, -0.15) is 0 Å². The van der Waals surface area contributed by atoms with Gasteiger partial charge >= 0.3 is 0 Å². The normalized spacial score (nSPS) is 53.6. The number of hydrogen-bond donors (Lipinski definition) is 14. The lowest BCUT2D eigenvalue weighted by molar-refractivity contribution is -0.394. The Morgan fingerprint density at radius 1 is 0.400 bits per heavy atom. The SMILES string of the molecule is OC[C@@H]1O[C@H](O[C@H]2[C@@H](O[C@@H]3O[C@H](CO)[C@@H](O)[C@H](O)[C@@H]3O)[C@@H](O[C@@H]3CO[C@@H](O)[C@H](O[C@@H]4OC[C@@H](O)[C@@H](O)[C@@H]4O)[C@@H]3O)OC[C@H]2O)[C@@H](O)[C@H](O)[C@H]1O. The molecular formula is C27H46O23.